The van der Waals surface area contributed by atoms with E-state index in [2.05, 4.69) is 109 Å². The molecule has 0 unspecified atom stereocenters. The molecule has 5 nitrogen and oxygen atoms in total. The van der Waals surface area contributed by atoms with Crippen molar-refractivity contribution in [3.63, 3.8) is 0 Å². The second kappa shape index (κ2) is 13.0. The van der Waals surface area contributed by atoms with Crippen LogP contribution in [0.4, 0.5) is 0 Å². The van der Waals surface area contributed by atoms with Gasteiger partial charge in [-0.3, -0.25) is 0 Å². The van der Waals surface area contributed by atoms with Crippen LogP contribution in [0.2, 0.25) is 0 Å². The molecule has 56 heavy (non-hydrogen) atoms. The van der Waals surface area contributed by atoms with E-state index in [1.165, 1.54) is 0 Å². The zero-order valence-electron chi connectivity index (χ0n) is 30.1. The average Bonchev–Trinajstić information content (AvgIpc) is 3.86. The molecule has 0 atom stereocenters. The summed E-state index contributed by atoms with van der Waals surface area (Å²) in [7, 11) is 0. The summed E-state index contributed by atoms with van der Waals surface area (Å²) in [4.78, 5) is 15.7. The van der Waals surface area contributed by atoms with Gasteiger partial charge < -0.3 is 8.83 Å². The van der Waals surface area contributed by atoms with Crippen molar-refractivity contribution < 1.29 is 8.83 Å². The smallest absolute Gasteiger partial charge is 0.164 e. The number of nitrogens with zero attached hydrogens (tertiary/aromatic N) is 3. The van der Waals surface area contributed by atoms with E-state index in [-0.39, 0.29) is 0 Å². The topological polar surface area (TPSA) is 65.0 Å². The highest BCUT2D eigenvalue weighted by Crippen LogP contribution is 2.44. The van der Waals surface area contributed by atoms with Crippen LogP contribution in [0.15, 0.2) is 197 Å². The van der Waals surface area contributed by atoms with E-state index < -0.39 is 0 Å². The van der Waals surface area contributed by atoms with Crippen LogP contribution in [0.3, 0.4) is 0 Å². The van der Waals surface area contributed by atoms with Crippen LogP contribution in [0.25, 0.3) is 111 Å². The van der Waals surface area contributed by atoms with Gasteiger partial charge in [-0.25, -0.2) is 15.0 Å². The van der Waals surface area contributed by atoms with Crippen molar-refractivity contribution in [2.75, 3.05) is 0 Å². The lowest BCUT2D eigenvalue weighted by Crippen LogP contribution is -2.01. The van der Waals surface area contributed by atoms with Gasteiger partial charge in [-0.2, -0.15) is 0 Å². The first-order chi connectivity index (χ1) is 27.7. The lowest BCUT2D eigenvalue weighted by Gasteiger charge is -2.13. The predicted molar refractivity (Wildman–Crippen MR) is 227 cm³/mol. The normalized spacial score (nSPS) is 11.6. The Morgan fingerprint density at radius 1 is 0.286 bits per heavy atom. The monoisotopic (exact) mass is 717 g/mol. The minimum Gasteiger partial charge on any atom is -0.455 e. The molecule has 0 aliphatic carbocycles. The fraction of sp³-hybridized carbons (Fsp3) is 0. The summed E-state index contributed by atoms with van der Waals surface area (Å²) >= 11 is 0. The molecule has 262 valence electrons. The van der Waals surface area contributed by atoms with Gasteiger partial charge >= 0.3 is 0 Å². The van der Waals surface area contributed by atoms with E-state index in [4.69, 9.17) is 23.8 Å². The Kier molecular flexibility index (Phi) is 7.42. The zero-order chi connectivity index (χ0) is 37.0. The van der Waals surface area contributed by atoms with E-state index in [0.29, 0.717) is 17.5 Å². The molecule has 0 N–H and O–H groups in total. The summed E-state index contributed by atoms with van der Waals surface area (Å²) < 4.78 is 13.3. The van der Waals surface area contributed by atoms with Crippen LogP contribution in [0.1, 0.15) is 0 Å². The Hall–Kier alpha value is -7.63. The third-order valence-corrected chi connectivity index (χ3v) is 10.5. The maximum Gasteiger partial charge on any atom is 0.164 e. The van der Waals surface area contributed by atoms with Crippen molar-refractivity contribution in [2.45, 2.75) is 0 Å². The number of furan rings is 2. The van der Waals surface area contributed by atoms with Crippen molar-refractivity contribution in [2.24, 2.45) is 0 Å². The summed E-state index contributed by atoms with van der Waals surface area (Å²) in [5.74, 6) is 1.74. The van der Waals surface area contributed by atoms with Gasteiger partial charge in [0.25, 0.3) is 0 Å². The number of hydrogen-bond acceptors (Lipinski definition) is 5. The second-order valence-corrected chi connectivity index (χ2v) is 13.9. The van der Waals surface area contributed by atoms with E-state index in [0.717, 1.165) is 93.9 Å². The Morgan fingerprint density at radius 3 is 1.43 bits per heavy atom. The van der Waals surface area contributed by atoms with Gasteiger partial charge in [0.05, 0.1) is 0 Å². The van der Waals surface area contributed by atoms with Crippen molar-refractivity contribution >= 4 is 43.9 Å². The molecule has 0 aliphatic heterocycles. The summed E-state index contributed by atoms with van der Waals surface area (Å²) in [6, 6.07) is 64.4. The number of para-hydroxylation sites is 3. The first kappa shape index (κ1) is 31.9. The second-order valence-electron chi connectivity index (χ2n) is 13.9. The Labute approximate surface area is 322 Å². The molecule has 0 radical (unpaired) electrons. The SMILES string of the molecule is c1ccc(-c2cc(-c3ccccc3)cc(-c3nc(-c4ccccc4)nc(-c4ccc(-c5cccc6c5oc5ccccc56)c5oc6ccccc6c45)n3)c2)cc1. The average molecular weight is 718 g/mol. The maximum absolute atomic E-state index is 6.77. The summed E-state index contributed by atoms with van der Waals surface area (Å²) in [6.45, 7) is 0. The van der Waals surface area contributed by atoms with Crippen LogP contribution in [0.5, 0.6) is 0 Å². The highest BCUT2D eigenvalue weighted by atomic mass is 16.3. The minimum atomic E-state index is 0.560. The van der Waals surface area contributed by atoms with Gasteiger partial charge in [0.2, 0.25) is 0 Å². The van der Waals surface area contributed by atoms with Gasteiger partial charge in [0.15, 0.2) is 17.5 Å². The fourth-order valence-electron chi connectivity index (χ4n) is 7.88. The van der Waals surface area contributed by atoms with E-state index in [1.54, 1.807) is 0 Å². The third-order valence-electron chi connectivity index (χ3n) is 10.5. The molecule has 8 aromatic carbocycles. The van der Waals surface area contributed by atoms with Crippen LogP contribution in [0, 0.1) is 0 Å². The van der Waals surface area contributed by atoms with Crippen LogP contribution >= 0.6 is 0 Å². The molecule has 11 rings (SSSR count). The molecule has 11 aromatic rings. The third kappa shape index (κ3) is 5.37. The molecule has 3 aromatic heterocycles. The number of rotatable bonds is 6. The van der Waals surface area contributed by atoms with Gasteiger partial charge in [-0.05, 0) is 64.7 Å². The Morgan fingerprint density at radius 2 is 0.750 bits per heavy atom. The molecule has 0 bridgehead atoms. The predicted octanol–water partition coefficient (Wildman–Crippen LogP) is 13.7. The Bertz CT molecular complexity index is 3180. The molecule has 0 amide bonds. The summed E-state index contributed by atoms with van der Waals surface area (Å²) in [5.41, 5.74) is 12.2. The molecule has 0 aliphatic rings. The van der Waals surface area contributed by atoms with Crippen LogP contribution in [-0.2, 0) is 0 Å². The Balaban J connectivity index is 1.17. The molecular formula is C51H31N3O2. The van der Waals surface area contributed by atoms with E-state index >= 15 is 0 Å². The number of hydrogen-bond donors (Lipinski definition) is 0. The quantitative estimate of drug-likeness (QED) is 0.171. The zero-order valence-corrected chi connectivity index (χ0v) is 30.1. The van der Waals surface area contributed by atoms with E-state index in [1.807, 2.05) is 78.9 Å². The fourth-order valence-corrected chi connectivity index (χ4v) is 7.88. The largest absolute Gasteiger partial charge is 0.455 e. The number of aromatic nitrogens is 3. The number of fused-ring (bicyclic) bond motifs is 6. The van der Waals surface area contributed by atoms with Gasteiger partial charge in [0.1, 0.15) is 22.3 Å². The number of benzene rings is 8. The lowest BCUT2D eigenvalue weighted by atomic mass is 9.95. The van der Waals surface area contributed by atoms with Crippen molar-refractivity contribution in [3.8, 4) is 67.5 Å². The molecule has 5 heteroatoms. The van der Waals surface area contributed by atoms with Crippen molar-refractivity contribution in [1.82, 2.24) is 15.0 Å². The van der Waals surface area contributed by atoms with Crippen molar-refractivity contribution in [3.05, 3.63) is 188 Å². The molecule has 0 saturated heterocycles. The lowest BCUT2D eigenvalue weighted by molar-refractivity contribution is 0.665. The maximum atomic E-state index is 6.77. The van der Waals surface area contributed by atoms with Gasteiger partial charge in [-0.1, -0.05) is 146 Å². The molecule has 3 heterocycles. The molecule has 0 fully saturated rings. The highest BCUT2D eigenvalue weighted by Gasteiger charge is 2.23. The molecule has 0 saturated carbocycles. The van der Waals surface area contributed by atoms with Crippen LogP contribution in [-0.4, -0.2) is 15.0 Å². The molecular weight excluding hydrogens is 687 g/mol. The summed E-state index contributed by atoms with van der Waals surface area (Å²) in [5, 5.41) is 4.07. The standard InChI is InChI=1S/C51H31N3O2/c1-4-15-32(16-5-1)35-29-36(33-17-6-2-7-18-33)31-37(30-35)50-52-49(34-19-8-3-9-20-34)53-51(54-50)43-28-27-41(48-46(43)42-22-11-13-26-45(42)56-48)40-24-14-23-39-38-21-10-12-25-44(38)55-47(39)40/h1-31H. The van der Waals surface area contributed by atoms with E-state index in [9.17, 15) is 0 Å². The van der Waals surface area contributed by atoms with Gasteiger partial charge in [-0.15, -0.1) is 0 Å². The van der Waals surface area contributed by atoms with Gasteiger partial charge in [0, 0.05) is 49.4 Å². The summed E-state index contributed by atoms with van der Waals surface area (Å²) in [6.07, 6.45) is 0. The first-order valence-corrected chi connectivity index (χ1v) is 18.7. The van der Waals surface area contributed by atoms with Crippen molar-refractivity contribution in [1.29, 1.82) is 0 Å². The highest BCUT2D eigenvalue weighted by molar-refractivity contribution is 6.18. The minimum absolute atomic E-state index is 0.560. The first-order valence-electron chi connectivity index (χ1n) is 18.7. The van der Waals surface area contributed by atoms with Crippen LogP contribution < -0.4 is 0 Å². The molecule has 0 spiro atoms.